The van der Waals surface area contributed by atoms with E-state index in [0.717, 1.165) is 27.7 Å². The van der Waals surface area contributed by atoms with Crippen molar-refractivity contribution in [2.45, 2.75) is 6.54 Å². The van der Waals surface area contributed by atoms with Crippen LogP contribution in [0.4, 0.5) is 4.39 Å². The molecule has 2 aromatic carbocycles. The van der Waals surface area contributed by atoms with Gasteiger partial charge >= 0.3 is 0 Å². The number of nitrogens with zero attached hydrogens (tertiary/aromatic N) is 4. The van der Waals surface area contributed by atoms with Gasteiger partial charge in [0, 0.05) is 28.7 Å². The topological polar surface area (TPSA) is 87.3 Å². The first-order valence-corrected chi connectivity index (χ1v) is 9.76. The number of aromatic nitrogens is 6. The van der Waals surface area contributed by atoms with Gasteiger partial charge in [-0.2, -0.15) is 0 Å². The van der Waals surface area contributed by atoms with Crippen molar-refractivity contribution < 1.29 is 13.6 Å². The van der Waals surface area contributed by atoms with Crippen molar-refractivity contribution in [3.63, 3.8) is 0 Å². The predicted octanol–water partition coefficient (Wildman–Crippen LogP) is 4.24. The van der Waals surface area contributed by atoms with Crippen LogP contribution < -0.4 is 4.68 Å². The number of halogens is 1. The van der Waals surface area contributed by atoms with Crippen LogP contribution in [-0.4, -0.2) is 25.2 Å². The lowest BCUT2D eigenvalue weighted by Gasteiger charge is -1.96. The molecular weight excluding hydrogens is 395 g/mol. The summed E-state index contributed by atoms with van der Waals surface area (Å²) in [5.74, 6) is 0.819. The molecule has 0 aliphatic carbocycles. The van der Waals surface area contributed by atoms with E-state index in [4.69, 9.17) is 4.52 Å². The van der Waals surface area contributed by atoms with E-state index in [9.17, 15) is 4.39 Å². The average molecular weight is 411 g/mol. The van der Waals surface area contributed by atoms with Crippen molar-refractivity contribution in [2.75, 3.05) is 0 Å². The molecule has 0 unspecified atom stereocenters. The monoisotopic (exact) mass is 411 g/mol. The molecule has 8 heteroatoms. The number of H-pyrrole nitrogens is 2. The molecule has 0 radical (unpaired) electrons. The molecule has 0 fully saturated rings. The second-order valence-corrected chi connectivity index (χ2v) is 7.29. The summed E-state index contributed by atoms with van der Waals surface area (Å²) >= 11 is 0. The first kappa shape index (κ1) is 17.5. The first-order valence-electron chi connectivity index (χ1n) is 9.76. The van der Waals surface area contributed by atoms with Gasteiger partial charge in [0.15, 0.2) is 0 Å². The van der Waals surface area contributed by atoms with Crippen LogP contribution >= 0.6 is 0 Å². The highest BCUT2D eigenvalue weighted by Gasteiger charge is 2.16. The third-order valence-corrected chi connectivity index (χ3v) is 5.22. The van der Waals surface area contributed by atoms with Crippen molar-refractivity contribution in [3.05, 3.63) is 84.8 Å². The van der Waals surface area contributed by atoms with Crippen LogP contribution in [-0.2, 0) is 6.54 Å². The molecule has 6 aromatic rings. The molecule has 150 valence electrons. The highest BCUT2D eigenvalue weighted by atomic mass is 19.1. The van der Waals surface area contributed by atoms with Crippen molar-refractivity contribution >= 4 is 21.9 Å². The second-order valence-electron chi connectivity index (χ2n) is 7.29. The van der Waals surface area contributed by atoms with Crippen LogP contribution in [0.3, 0.4) is 0 Å². The van der Waals surface area contributed by atoms with E-state index in [1.165, 1.54) is 6.07 Å². The average Bonchev–Trinajstić information content (AvgIpc) is 3.52. The van der Waals surface area contributed by atoms with E-state index < -0.39 is 0 Å². The third kappa shape index (κ3) is 3.14. The van der Waals surface area contributed by atoms with Crippen LogP contribution in [0.25, 0.3) is 44.6 Å². The Hall–Kier alpha value is -4.33. The molecule has 31 heavy (non-hydrogen) atoms. The Morgan fingerprint density at radius 1 is 1.03 bits per heavy atom. The number of hydrogen-bond acceptors (Lipinski definition) is 4. The Balaban J connectivity index is 1.28. The van der Waals surface area contributed by atoms with Gasteiger partial charge in [-0.3, -0.25) is 0 Å². The molecule has 4 aromatic heterocycles. The summed E-state index contributed by atoms with van der Waals surface area (Å²) in [5.41, 5.74) is 4.67. The van der Waals surface area contributed by atoms with E-state index in [-0.39, 0.29) is 5.82 Å². The summed E-state index contributed by atoms with van der Waals surface area (Å²) in [6.45, 7) is 0.406. The molecule has 2 N–H and O–H groups in total. The Labute approximate surface area is 175 Å². The molecule has 0 saturated carbocycles. The fourth-order valence-corrected chi connectivity index (χ4v) is 3.67. The lowest BCUT2D eigenvalue weighted by Crippen LogP contribution is -2.37. The van der Waals surface area contributed by atoms with Gasteiger partial charge in [0.1, 0.15) is 34.6 Å². The van der Waals surface area contributed by atoms with Gasteiger partial charge in [0.05, 0.1) is 5.56 Å². The Kier molecular flexibility index (Phi) is 3.89. The van der Waals surface area contributed by atoms with Gasteiger partial charge in [-0.25, -0.2) is 9.37 Å². The summed E-state index contributed by atoms with van der Waals surface area (Å²) < 4.78 is 21.3. The SMILES string of the molecule is Fc1ccccc1-c1nc2cn[n+](Cc3cc(-c4ccc5[nH]ccc5c4)no3)cc2[nH]1. The maximum Gasteiger partial charge on any atom is 0.234 e. The minimum atomic E-state index is -0.325. The standard InChI is InChI=1S/C23H15FN6O/c24-18-4-2-1-3-17(18)23-27-21-11-26-30(13-22(21)28-23)12-16-10-20(29-31-16)14-5-6-19-15(9-14)7-8-25-19/h1-11,13H,12H2,(H,25,29)/p+1. The zero-order valence-corrected chi connectivity index (χ0v) is 16.2. The quantitative estimate of drug-likeness (QED) is 0.425. The summed E-state index contributed by atoms with van der Waals surface area (Å²) in [6, 6.07) is 16.6. The van der Waals surface area contributed by atoms with Gasteiger partial charge < -0.3 is 14.5 Å². The molecule has 0 bridgehead atoms. The molecule has 0 spiro atoms. The number of hydrogen-bond donors (Lipinski definition) is 2. The summed E-state index contributed by atoms with van der Waals surface area (Å²) in [5, 5.41) is 9.72. The van der Waals surface area contributed by atoms with E-state index in [1.54, 1.807) is 29.1 Å². The number of rotatable bonds is 4. The molecule has 0 atom stereocenters. The third-order valence-electron chi connectivity index (χ3n) is 5.22. The van der Waals surface area contributed by atoms with Gasteiger partial charge in [-0.05, 0) is 35.4 Å². The summed E-state index contributed by atoms with van der Waals surface area (Å²) in [6.07, 6.45) is 5.38. The molecule has 0 saturated heterocycles. The largest absolute Gasteiger partial charge is 0.361 e. The second kappa shape index (κ2) is 6.88. The molecule has 0 amide bonds. The fourth-order valence-electron chi connectivity index (χ4n) is 3.67. The zero-order chi connectivity index (χ0) is 20.8. The van der Waals surface area contributed by atoms with Crippen LogP contribution in [0.15, 0.2) is 77.7 Å². The minimum absolute atomic E-state index is 0.325. The van der Waals surface area contributed by atoms with Crippen molar-refractivity contribution in [2.24, 2.45) is 0 Å². The Morgan fingerprint density at radius 2 is 1.97 bits per heavy atom. The highest BCUT2D eigenvalue weighted by Crippen LogP contribution is 2.24. The van der Waals surface area contributed by atoms with Gasteiger partial charge in [-0.15, -0.1) is 0 Å². The van der Waals surface area contributed by atoms with E-state index in [2.05, 4.69) is 31.3 Å². The van der Waals surface area contributed by atoms with E-state index >= 15 is 0 Å². The van der Waals surface area contributed by atoms with Crippen LogP contribution in [0.5, 0.6) is 0 Å². The molecule has 6 rings (SSSR count). The Morgan fingerprint density at radius 3 is 2.90 bits per heavy atom. The van der Waals surface area contributed by atoms with Crippen molar-refractivity contribution in [1.29, 1.82) is 0 Å². The number of aromatic amines is 2. The normalized spacial score (nSPS) is 11.5. The maximum absolute atomic E-state index is 14.1. The molecule has 7 nitrogen and oxygen atoms in total. The summed E-state index contributed by atoms with van der Waals surface area (Å²) in [4.78, 5) is 10.8. The number of nitrogens with one attached hydrogen (secondary N) is 2. The Bertz CT molecular complexity index is 1550. The van der Waals surface area contributed by atoms with Crippen molar-refractivity contribution in [3.8, 4) is 22.6 Å². The van der Waals surface area contributed by atoms with E-state index in [0.29, 0.717) is 29.2 Å². The number of imidazole rings is 1. The number of fused-ring (bicyclic) bond motifs is 2. The molecule has 0 aliphatic heterocycles. The highest BCUT2D eigenvalue weighted by molar-refractivity contribution is 5.84. The van der Waals surface area contributed by atoms with Crippen molar-refractivity contribution in [1.82, 2.24) is 25.2 Å². The van der Waals surface area contributed by atoms with Crippen LogP contribution in [0, 0.1) is 5.82 Å². The van der Waals surface area contributed by atoms with Crippen LogP contribution in [0.2, 0.25) is 0 Å². The lowest BCUT2D eigenvalue weighted by molar-refractivity contribution is -0.746. The molecule has 0 aliphatic rings. The van der Waals surface area contributed by atoms with E-state index in [1.807, 2.05) is 36.7 Å². The molecule has 4 heterocycles. The molecular formula is C23H16FN6O+. The first-order chi connectivity index (χ1) is 15.2. The minimum Gasteiger partial charge on any atom is -0.361 e. The zero-order valence-electron chi connectivity index (χ0n) is 16.2. The van der Waals surface area contributed by atoms with Gasteiger partial charge in [-0.1, -0.05) is 28.0 Å². The van der Waals surface area contributed by atoms with Gasteiger partial charge in [0.25, 0.3) is 0 Å². The number of benzene rings is 2. The van der Waals surface area contributed by atoms with Gasteiger partial charge in [0.2, 0.25) is 18.5 Å². The smallest absolute Gasteiger partial charge is 0.234 e. The lowest BCUT2D eigenvalue weighted by atomic mass is 10.1. The fraction of sp³-hybridized carbons (Fsp3) is 0.0435. The van der Waals surface area contributed by atoms with Crippen LogP contribution in [0.1, 0.15) is 5.76 Å². The summed E-state index contributed by atoms with van der Waals surface area (Å²) in [7, 11) is 0. The predicted molar refractivity (Wildman–Crippen MR) is 112 cm³/mol. The maximum atomic E-state index is 14.1.